The number of halogens is 1. The van der Waals surface area contributed by atoms with Gasteiger partial charge in [-0.1, -0.05) is 29.8 Å². The molecule has 8 heteroatoms. The fourth-order valence-corrected chi connectivity index (χ4v) is 5.24. The SMILES string of the molecule is Cc1ccccc1NS(=O)(=O)c1cc(C(=O)NCCC2CCN(C)CC2)ccc1Cl. The second kappa shape index (κ2) is 9.81. The summed E-state index contributed by atoms with van der Waals surface area (Å²) in [4.78, 5) is 14.8. The summed E-state index contributed by atoms with van der Waals surface area (Å²) in [5.74, 6) is 0.313. The minimum atomic E-state index is -3.93. The van der Waals surface area contributed by atoms with Crippen LogP contribution in [0.25, 0.3) is 0 Å². The highest BCUT2D eigenvalue weighted by Crippen LogP contribution is 2.26. The Balaban J connectivity index is 1.66. The van der Waals surface area contributed by atoms with Gasteiger partial charge >= 0.3 is 0 Å². The van der Waals surface area contributed by atoms with Crippen LogP contribution in [0.3, 0.4) is 0 Å². The van der Waals surface area contributed by atoms with Crippen molar-refractivity contribution in [1.29, 1.82) is 0 Å². The molecule has 0 spiro atoms. The molecule has 1 aliphatic heterocycles. The van der Waals surface area contributed by atoms with Crippen molar-refractivity contribution >= 4 is 33.2 Å². The highest BCUT2D eigenvalue weighted by molar-refractivity contribution is 7.92. The fraction of sp³-hybridized carbons (Fsp3) is 0.409. The first-order valence-corrected chi connectivity index (χ1v) is 12.0. The maximum atomic E-state index is 12.9. The lowest BCUT2D eigenvalue weighted by Crippen LogP contribution is -2.32. The fourth-order valence-electron chi connectivity index (χ4n) is 3.58. The van der Waals surface area contributed by atoms with Gasteiger partial charge in [0.1, 0.15) is 4.90 Å². The summed E-state index contributed by atoms with van der Waals surface area (Å²) in [6.45, 7) is 4.56. The number of hydrogen-bond donors (Lipinski definition) is 2. The van der Waals surface area contributed by atoms with Crippen molar-refractivity contribution in [3.05, 3.63) is 58.6 Å². The maximum absolute atomic E-state index is 12.9. The Morgan fingerprint density at radius 3 is 2.57 bits per heavy atom. The molecular weight excluding hydrogens is 422 g/mol. The van der Waals surface area contributed by atoms with E-state index in [2.05, 4.69) is 22.0 Å². The predicted octanol–water partition coefficient (Wildman–Crippen LogP) is 3.91. The highest BCUT2D eigenvalue weighted by Gasteiger charge is 2.21. The zero-order valence-electron chi connectivity index (χ0n) is 17.3. The Hall–Kier alpha value is -2.09. The monoisotopic (exact) mass is 449 g/mol. The predicted molar refractivity (Wildman–Crippen MR) is 121 cm³/mol. The standard InChI is InChI=1S/C22H28ClN3O3S/c1-16-5-3-4-6-20(16)25-30(28,29)21-15-18(7-8-19(21)23)22(27)24-12-9-17-10-13-26(2)14-11-17/h3-8,15,17,25H,9-14H2,1-2H3,(H,24,27). The van der Waals surface area contributed by atoms with Gasteiger partial charge in [0, 0.05) is 12.1 Å². The van der Waals surface area contributed by atoms with Crippen LogP contribution in [0.2, 0.25) is 5.02 Å². The zero-order valence-corrected chi connectivity index (χ0v) is 18.9. The summed E-state index contributed by atoms with van der Waals surface area (Å²) in [7, 11) is -1.81. The van der Waals surface area contributed by atoms with Gasteiger partial charge in [-0.25, -0.2) is 8.42 Å². The first kappa shape index (κ1) is 22.6. The van der Waals surface area contributed by atoms with Crippen molar-refractivity contribution in [2.45, 2.75) is 31.1 Å². The molecule has 0 atom stereocenters. The molecule has 0 unspecified atom stereocenters. The van der Waals surface area contributed by atoms with Crippen LogP contribution in [0.4, 0.5) is 5.69 Å². The molecule has 2 aromatic carbocycles. The third-order valence-electron chi connectivity index (χ3n) is 5.55. The van der Waals surface area contributed by atoms with Gasteiger partial charge in [-0.2, -0.15) is 0 Å². The number of hydrogen-bond acceptors (Lipinski definition) is 4. The number of piperidine rings is 1. The molecule has 1 saturated heterocycles. The first-order chi connectivity index (χ1) is 14.3. The molecule has 0 aromatic heterocycles. The zero-order chi connectivity index (χ0) is 21.7. The highest BCUT2D eigenvalue weighted by atomic mass is 35.5. The van der Waals surface area contributed by atoms with Gasteiger partial charge in [-0.05, 0) is 82.1 Å². The normalized spacial score (nSPS) is 15.7. The first-order valence-electron chi connectivity index (χ1n) is 10.1. The van der Waals surface area contributed by atoms with E-state index >= 15 is 0 Å². The maximum Gasteiger partial charge on any atom is 0.263 e. The third-order valence-corrected chi connectivity index (χ3v) is 7.40. The van der Waals surface area contributed by atoms with Gasteiger partial charge in [-0.3, -0.25) is 9.52 Å². The molecule has 6 nitrogen and oxygen atoms in total. The van der Waals surface area contributed by atoms with Crippen molar-refractivity contribution in [2.75, 3.05) is 31.4 Å². The van der Waals surface area contributed by atoms with Crippen LogP contribution in [-0.2, 0) is 10.0 Å². The Morgan fingerprint density at radius 1 is 1.17 bits per heavy atom. The average Bonchev–Trinajstić information content (AvgIpc) is 2.71. The molecule has 30 heavy (non-hydrogen) atoms. The lowest BCUT2D eigenvalue weighted by atomic mass is 9.94. The molecule has 0 radical (unpaired) electrons. The topological polar surface area (TPSA) is 78.5 Å². The van der Waals surface area contributed by atoms with Crippen molar-refractivity contribution in [3.8, 4) is 0 Å². The van der Waals surface area contributed by atoms with E-state index in [-0.39, 0.29) is 21.4 Å². The Morgan fingerprint density at radius 2 is 1.87 bits per heavy atom. The lowest BCUT2D eigenvalue weighted by molar-refractivity contribution is 0.0948. The van der Waals surface area contributed by atoms with Crippen molar-refractivity contribution in [2.24, 2.45) is 5.92 Å². The third kappa shape index (κ3) is 5.74. The Bertz CT molecular complexity index is 1000. The smallest absolute Gasteiger partial charge is 0.263 e. The van der Waals surface area contributed by atoms with Crippen LogP contribution < -0.4 is 10.0 Å². The Labute approximate surface area is 183 Å². The van der Waals surface area contributed by atoms with Gasteiger partial charge in [-0.15, -0.1) is 0 Å². The molecule has 0 bridgehead atoms. The number of carbonyl (C=O) groups is 1. The number of aryl methyl sites for hydroxylation is 1. The van der Waals surface area contributed by atoms with Crippen LogP contribution in [0.15, 0.2) is 47.4 Å². The molecule has 1 heterocycles. The van der Waals surface area contributed by atoms with Crippen LogP contribution in [0.1, 0.15) is 35.2 Å². The van der Waals surface area contributed by atoms with Gasteiger partial charge < -0.3 is 10.2 Å². The number of likely N-dealkylation sites (tertiary alicyclic amines) is 1. The molecule has 3 rings (SSSR count). The molecule has 0 aliphatic carbocycles. The number of carbonyl (C=O) groups excluding carboxylic acids is 1. The van der Waals surface area contributed by atoms with Crippen molar-refractivity contribution in [1.82, 2.24) is 10.2 Å². The van der Waals surface area contributed by atoms with Crippen molar-refractivity contribution in [3.63, 3.8) is 0 Å². The summed E-state index contributed by atoms with van der Waals surface area (Å²) in [6, 6.07) is 11.4. The molecule has 1 amide bonds. The minimum absolute atomic E-state index is 0.0685. The molecular formula is C22H28ClN3O3S. The largest absolute Gasteiger partial charge is 0.352 e. The Kier molecular flexibility index (Phi) is 7.39. The van der Waals surface area contributed by atoms with E-state index in [1.165, 1.54) is 12.1 Å². The van der Waals surface area contributed by atoms with E-state index in [0.717, 1.165) is 37.9 Å². The summed E-state index contributed by atoms with van der Waals surface area (Å²) < 4.78 is 28.3. The summed E-state index contributed by atoms with van der Waals surface area (Å²) >= 11 is 6.15. The number of amides is 1. The number of benzene rings is 2. The van der Waals surface area contributed by atoms with E-state index in [1.807, 2.05) is 19.1 Å². The molecule has 2 aromatic rings. The average molecular weight is 450 g/mol. The molecule has 1 fully saturated rings. The molecule has 162 valence electrons. The number of anilines is 1. The second-order valence-electron chi connectivity index (χ2n) is 7.86. The van der Waals surface area contributed by atoms with Gasteiger partial charge in [0.05, 0.1) is 10.7 Å². The van der Waals surface area contributed by atoms with Crippen LogP contribution >= 0.6 is 11.6 Å². The van der Waals surface area contributed by atoms with E-state index < -0.39 is 10.0 Å². The quantitative estimate of drug-likeness (QED) is 0.671. The van der Waals surface area contributed by atoms with Gasteiger partial charge in [0.15, 0.2) is 0 Å². The summed E-state index contributed by atoms with van der Waals surface area (Å²) in [5.41, 5.74) is 1.54. The molecule has 2 N–H and O–H groups in total. The number of para-hydroxylation sites is 1. The number of nitrogens with zero attached hydrogens (tertiary/aromatic N) is 1. The number of nitrogens with one attached hydrogen (secondary N) is 2. The molecule has 0 saturated carbocycles. The van der Waals surface area contributed by atoms with Crippen LogP contribution in [0.5, 0.6) is 0 Å². The minimum Gasteiger partial charge on any atom is -0.352 e. The van der Waals surface area contributed by atoms with Gasteiger partial charge in [0.25, 0.3) is 15.9 Å². The van der Waals surface area contributed by atoms with Crippen LogP contribution in [0, 0.1) is 12.8 Å². The molecule has 1 aliphatic rings. The van der Waals surface area contributed by atoms with Crippen molar-refractivity contribution < 1.29 is 13.2 Å². The number of sulfonamides is 1. The van der Waals surface area contributed by atoms with E-state index in [0.29, 0.717) is 18.2 Å². The van der Waals surface area contributed by atoms with E-state index in [4.69, 9.17) is 11.6 Å². The number of rotatable bonds is 7. The van der Waals surface area contributed by atoms with Gasteiger partial charge in [0.2, 0.25) is 0 Å². The lowest BCUT2D eigenvalue weighted by Gasteiger charge is -2.28. The summed E-state index contributed by atoms with van der Waals surface area (Å²) in [6.07, 6.45) is 3.20. The summed E-state index contributed by atoms with van der Waals surface area (Å²) in [5, 5.41) is 2.97. The van der Waals surface area contributed by atoms with E-state index in [9.17, 15) is 13.2 Å². The van der Waals surface area contributed by atoms with E-state index in [1.54, 1.807) is 18.2 Å². The van der Waals surface area contributed by atoms with Crippen LogP contribution in [-0.4, -0.2) is 45.9 Å². The second-order valence-corrected chi connectivity index (χ2v) is 9.91.